The number of carbonyl (C=O) groups is 4. The minimum absolute atomic E-state index is 0.453. The van der Waals surface area contributed by atoms with Gasteiger partial charge in [0.2, 0.25) is 0 Å². The minimum Gasteiger partial charge on any atom is -0.478 e. The van der Waals surface area contributed by atoms with Gasteiger partial charge in [0, 0.05) is 80.8 Å². The van der Waals surface area contributed by atoms with Crippen molar-refractivity contribution in [1.29, 1.82) is 0 Å². The molecule has 14 heteroatoms. The van der Waals surface area contributed by atoms with Crippen molar-refractivity contribution in [3.63, 3.8) is 0 Å². The summed E-state index contributed by atoms with van der Waals surface area (Å²) in [6.07, 6.45) is 12.9. The zero-order valence-corrected chi connectivity index (χ0v) is 24.2. The number of aliphatic carboxylic acids is 4. The third kappa shape index (κ3) is 11.5. The Labute approximate surface area is 258 Å². The Morgan fingerprint density at radius 2 is 1.31 bits per heavy atom. The second-order valence-corrected chi connectivity index (χ2v) is 9.57. The molecule has 2 aliphatic heterocycles. The van der Waals surface area contributed by atoms with Crippen LogP contribution < -0.4 is 4.74 Å². The standard InChI is InChI=1S/C23H25N5O.2C4H4O4/c1-2-5-20-18(4-1)8-14-28-15-11-24-22(28)21(20)19-6-12-27(13-7-19)16-17-29-23-25-9-3-10-26-23;2*5-3(6)1-2-4(7)8/h1-5,9-11,15H,6-8,12-14,16-17H2;2*1-2H,(H,5,6)(H,7,8). The maximum absolute atomic E-state index is 9.55. The van der Waals surface area contributed by atoms with Gasteiger partial charge in [-0.25, -0.2) is 34.1 Å². The maximum atomic E-state index is 9.55. The first-order valence-corrected chi connectivity index (χ1v) is 13.9. The third-order valence-corrected chi connectivity index (χ3v) is 6.58. The van der Waals surface area contributed by atoms with Gasteiger partial charge >= 0.3 is 29.9 Å². The molecule has 0 aliphatic carbocycles. The van der Waals surface area contributed by atoms with Crippen LogP contribution in [0.4, 0.5) is 0 Å². The number of imidazole rings is 1. The van der Waals surface area contributed by atoms with Gasteiger partial charge in [0.25, 0.3) is 0 Å². The number of carboxylic acid groups (broad SMARTS) is 4. The van der Waals surface area contributed by atoms with E-state index in [1.165, 1.54) is 22.3 Å². The largest absolute Gasteiger partial charge is 0.478 e. The van der Waals surface area contributed by atoms with Gasteiger partial charge in [0.05, 0.1) is 0 Å². The number of aromatic nitrogens is 4. The van der Waals surface area contributed by atoms with Crippen LogP contribution in [0.25, 0.3) is 5.57 Å². The van der Waals surface area contributed by atoms with Crippen molar-refractivity contribution in [3.05, 3.63) is 102 Å². The Bertz CT molecular complexity index is 1490. The smallest absolute Gasteiger partial charge is 0.328 e. The lowest BCUT2D eigenvalue weighted by molar-refractivity contribution is -0.134. The molecule has 0 spiro atoms. The van der Waals surface area contributed by atoms with E-state index < -0.39 is 23.9 Å². The Balaban J connectivity index is 0.000000287. The molecule has 1 fully saturated rings. The second-order valence-electron chi connectivity index (χ2n) is 9.57. The summed E-state index contributed by atoms with van der Waals surface area (Å²) in [5, 5.41) is 31.2. The molecule has 5 rings (SSSR count). The molecule has 14 nitrogen and oxygen atoms in total. The van der Waals surface area contributed by atoms with Crippen LogP contribution in [0.15, 0.2) is 85.0 Å². The topological polar surface area (TPSA) is 205 Å². The number of rotatable bonds is 8. The Hall–Kier alpha value is -5.63. The molecule has 1 saturated heterocycles. The van der Waals surface area contributed by atoms with Crippen molar-refractivity contribution in [2.24, 2.45) is 0 Å². The fraction of sp³-hybridized carbons (Fsp3) is 0.258. The highest BCUT2D eigenvalue weighted by Crippen LogP contribution is 2.35. The summed E-state index contributed by atoms with van der Waals surface area (Å²) >= 11 is 0. The van der Waals surface area contributed by atoms with E-state index in [0.29, 0.717) is 36.9 Å². The van der Waals surface area contributed by atoms with Crippen LogP contribution in [0.1, 0.15) is 29.8 Å². The van der Waals surface area contributed by atoms with Gasteiger partial charge in [-0.1, -0.05) is 29.8 Å². The van der Waals surface area contributed by atoms with Gasteiger partial charge in [-0.3, -0.25) is 4.90 Å². The maximum Gasteiger partial charge on any atom is 0.328 e. The molecule has 0 amide bonds. The predicted molar refractivity (Wildman–Crippen MR) is 160 cm³/mol. The molecule has 4 heterocycles. The first-order valence-electron chi connectivity index (χ1n) is 13.9. The SMILES string of the molecule is O=C(O)C=CC(=O)O.O=C(O)C=CC(=O)O.c1cnc(OCCN2CCC(=C3c4ccccc4CCn4ccnc43)CC2)nc1. The normalized spacial score (nSPS) is 14.2. The number of ether oxygens (including phenoxy) is 1. The lowest BCUT2D eigenvalue weighted by Crippen LogP contribution is -2.34. The summed E-state index contributed by atoms with van der Waals surface area (Å²) in [5.74, 6) is -3.90. The van der Waals surface area contributed by atoms with E-state index in [2.05, 4.69) is 49.9 Å². The highest BCUT2D eigenvalue weighted by molar-refractivity contribution is 5.90. The molecule has 236 valence electrons. The van der Waals surface area contributed by atoms with E-state index in [9.17, 15) is 19.2 Å². The first-order chi connectivity index (χ1) is 21.6. The van der Waals surface area contributed by atoms with Crippen LogP contribution in [0.3, 0.4) is 0 Å². The number of hydrogen-bond acceptors (Lipinski definition) is 9. The van der Waals surface area contributed by atoms with Crippen molar-refractivity contribution < 1.29 is 44.3 Å². The molecule has 2 aromatic heterocycles. The quantitative estimate of drug-likeness (QED) is 0.268. The van der Waals surface area contributed by atoms with Gasteiger partial charge in [-0.05, 0) is 36.5 Å². The number of piperidine rings is 1. The molecule has 0 radical (unpaired) electrons. The number of hydrogen-bond donors (Lipinski definition) is 4. The van der Waals surface area contributed by atoms with E-state index in [-0.39, 0.29) is 0 Å². The summed E-state index contributed by atoms with van der Waals surface area (Å²) in [6.45, 7) is 4.59. The molecule has 45 heavy (non-hydrogen) atoms. The van der Waals surface area contributed by atoms with Crippen LogP contribution in [0.2, 0.25) is 0 Å². The molecule has 1 aromatic carbocycles. The number of fused-ring (bicyclic) bond motifs is 2. The highest BCUT2D eigenvalue weighted by atomic mass is 16.5. The average molecular weight is 620 g/mol. The Morgan fingerprint density at radius 1 is 0.733 bits per heavy atom. The summed E-state index contributed by atoms with van der Waals surface area (Å²) in [7, 11) is 0. The molecular weight excluding hydrogens is 586 g/mol. The van der Waals surface area contributed by atoms with Gasteiger partial charge in [0.15, 0.2) is 0 Å². The van der Waals surface area contributed by atoms with Crippen LogP contribution in [0, 0.1) is 0 Å². The monoisotopic (exact) mass is 619 g/mol. The van der Waals surface area contributed by atoms with Crippen molar-refractivity contribution in [3.8, 4) is 6.01 Å². The van der Waals surface area contributed by atoms with Crippen molar-refractivity contribution >= 4 is 29.5 Å². The average Bonchev–Trinajstić information content (AvgIpc) is 3.42. The summed E-state index contributed by atoms with van der Waals surface area (Å²) in [5.41, 5.74) is 5.68. The van der Waals surface area contributed by atoms with E-state index >= 15 is 0 Å². The lowest BCUT2D eigenvalue weighted by atomic mass is 9.90. The van der Waals surface area contributed by atoms with E-state index in [1.807, 2.05) is 6.20 Å². The van der Waals surface area contributed by atoms with Gasteiger partial charge in [-0.2, -0.15) is 0 Å². The third-order valence-electron chi connectivity index (χ3n) is 6.58. The highest BCUT2D eigenvalue weighted by Gasteiger charge is 2.24. The van der Waals surface area contributed by atoms with Crippen LogP contribution >= 0.6 is 0 Å². The van der Waals surface area contributed by atoms with Crippen LogP contribution in [-0.4, -0.2) is 95.0 Å². The molecule has 0 saturated carbocycles. The molecule has 0 unspecified atom stereocenters. The number of aryl methyl sites for hydroxylation is 2. The fourth-order valence-electron chi connectivity index (χ4n) is 4.62. The summed E-state index contributed by atoms with van der Waals surface area (Å²) < 4.78 is 7.97. The zero-order chi connectivity index (χ0) is 32.6. The predicted octanol–water partition coefficient (Wildman–Crippen LogP) is 2.63. The molecule has 4 N–H and O–H groups in total. The number of carboxylic acids is 4. The molecule has 2 aliphatic rings. The molecular formula is C31H33N5O9. The number of nitrogens with zero attached hydrogens (tertiary/aromatic N) is 5. The number of benzene rings is 1. The molecule has 0 atom stereocenters. The minimum atomic E-state index is -1.26. The molecule has 0 bridgehead atoms. The fourth-order valence-corrected chi connectivity index (χ4v) is 4.62. The van der Waals surface area contributed by atoms with Gasteiger partial charge in [-0.15, -0.1) is 0 Å². The summed E-state index contributed by atoms with van der Waals surface area (Å²) in [6, 6.07) is 11.1. The van der Waals surface area contributed by atoms with E-state index in [4.69, 9.17) is 30.1 Å². The van der Waals surface area contributed by atoms with Crippen LogP contribution in [-0.2, 0) is 32.1 Å². The Kier molecular flexibility index (Phi) is 13.2. The lowest BCUT2D eigenvalue weighted by Gasteiger charge is -2.29. The van der Waals surface area contributed by atoms with Crippen molar-refractivity contribution in [1.82, 2.24) is 24.4 Å². The van der Waals surface area contributed by atoms with E-state index in [1.54, 1.807) is 18.5 Å². The summed E-state index contributed by atoms with van der Waals surface area (Å²) in [4.78, 5) is 53.6. The van der Waals surface area contributed by atoms with Gasteiger partial charge in [0.1, 0.15) is 12.4 Å². The van der Waals surface area contributed by atoms with Crippen molar-refractivity contribution in [2.45, 2.75) is 25.8 Å². The Morgan fingerprint density at radius 3 is 1.89 bits per heavy atom. The van der Waals surface area contributed by atoms with E-state index in [0.717, 1.165) is 51.3 Å². The van der Waals surface area contributed by atoms with Gasteiger partial charge < -0.3 is 29.7 Å². The van der Waals surface area contributed by atoms with Crippen molar-refractivity contribution in [2.75, 3.05) is 26.2 Å². The second kappa shape index (κ2) is 17.5. The zero-order valence-electron chi connectivity index (χ0n) is 24.2. The van der Waals surface area contributed by atoms with Crippen LogP contribution in [0.5, 0.6) is 6.01 Å². The molecule has 3 aromatic rings. The first kappa shape index (κ1) is 33.9. The number of likely N-dealkylation sites (tertiary alicyclic amines) is 1.